The van der Waals surface area contributed by atoms with E-state index >= 15 is 0 Å². The number of rotatable bonds is 2. The van der Waals surface area contributed by atoms with E-state index in [0.717, 1.165) is 28.9 Å². The highest BCUT2D eigenvalue weighted by Crippen LogP contribution is 2.31. The summed E-state index contributed by atoms with van der Waals surface area (Å²) in [4.78, 5) is 12.9. The van der Waals surface area contributed by atoms with Crippen LogP contribution in [0.3, 0.4) is 0 Å². The van der Waals surface area contributed by atoms with Gasteiger partial charge in [-0.2, -0.15) is 0 Å². The van der Waals surface area contributed by atoms with Crippen molar-refractivity contribution < 1.29 is 4.39 Å². The molecule has 22 heavy (non-hydrogen) atoms. The number of aromatic nitrogens is 2. The Morgan fingerprint density at radius 1 is 1.00 bits per heavy atom. The van der Waals surface area contributed by atoms with Gasteiger partial charge in [-0.25, -0.2) is 4.39 Å². The molecule has 0 spiro atoms. The maximum atomic E-state index is 13.1. The second-order valence-corrected chi connectivity index (χ2v) is 5.14. The van der Waals surface area contributed by atoms with Gasteiger partial charge in [0.05, 0.1) is 24.1 Å². The smallest absolute Gasteiger partial charge is 0.141 e. The minimum absolute atomic E-state index is 0.352. The Balaban J connectivity index is 1.86. The standard InChI is InChI=1S/C18H12FN3/c19-15-5-6-17(22-11-15)18-16(2-1-7-21-18)12-3-4-13-9-20-10-14(13)8-12/h1-8,10-11H,9H2. The van der Waals surface area contributed by atoms with Crippen molar-refractivity contribution in [1.82, 2.24) is 9.97 Å². The van der Waals surface area contributed by atoms with Crippen LogP contribution < -0.4 is 0 Å². The van der Waals surface area contributed by atoms with Gasteiger partial charge in [-0.3, -0.25) is 15.0 Å². The Bertz CT molecular complexity index is 870. The minimum Gasteiger partial charge on any atom is -0.288 e. The largest absolute Gasteiger partial charge is 0.288 e. The topological polar surface area (TPSA) is 38.1 Å². The first-order valence-electron chi connectivity index (χ1n) is 7.01. The molecule has 4 rings (SSSR count). The van der Waals surface area contributed by atoms with E-state index in [1.54, 1.807) is 12.3 Å². The van der Waals surface area contributed by atoms with Crippen LogP contribution in [0.2, 0.25) is 0 Å². The molecule has 0 fully saturated rings. The maximum Gasteiger partial charge on any atom is 0.141 e. The van der Waals surface area contributed by atoms with Gasteiger partial charge >= 0.3 is 0 Å². The number of aliphatic imine (C=N–C) groups is 1. The minimum atomic E-state index is -0.352. The number of halogens is 1. The van der Waals surface area contributed by atoms with Crippen LogP contribution >= 0.6 is 0 Å². The Hall–Kier alpha value is -2.88. The van der Waals surface area contributed by atoms with Crippen molar-refractivity contribution >= 4 is 6.21 Å². The molecule has 0 radical (unpaired) electrons. The Morgan fingerprint density at radius 3 is 2.82 bits per heavy atom. The summed E-state index contributed by atoms with van der Waals surface area (Å²) in [5.41, 5.74) is 5.81. The molecule has 1 aliphatic rings. The average molecular weight is 289 g/mol. The van der Waals surface area contributed by atoms with Gasteiger partial charge in [0.2, 0.25) is 0 Å². The van der Waals surface area contributed by atoms with Crippen LogP contribution in [0.5, 0.6) is 0 Å². The molecule has 0 saturated heterocycles. The van der Waals surface area contributed by atoms with Crippen LogP contribution in [0.1, 0.15) is 11.1 Å². The van der Waals surface area contributed by atoms with E-state index in [-0.39, 0.29) is 5.82 Å². The molecule has 0 N–H and O–H groups in total. The second kappa shape index (κ2) is 5.15. The molecular weight excluding hydrogens is 277 g/mol. The fraction of sp³-hybridized carbons (Fsp3) is 0.0556. The summed E-state index contributed by atoms with van der Waals surface area (Å²) in [5.74, 6) is -0.352. The Morgan fingerprint density at radius 2 is 1.95 bits per heavy atom. The third-order valence-corrected chi connectivity index (χ3v) is 3.73. The van der Waals surface area contributed by atoms with E-state index in [1.165, 1.54) is 17.8 Å². The lowest BCUT2D eigenvalue weighted by molar-refractivity contribution is 0.622. The molecule has 0 unspecified atom stereocenters. The third-order valence-electron chi connectivity index (χ3n) is 3.73. The van der Waals surface area contributed by atoms with E-state index in [1.807, 2.05) is 18.3 Å². The maximum absolute atomic E-state index is 13.1. The summed E-state index contributed by atoms with van der Waals surface area (Å²) in [6.07, 6.45) is 4.83. The number of hydrogen-bond donors (Lipinski definition) is 0. The molecule has 3 aromatic rings. The lowest BCUT2D eigenvalue weighted by atomic mass is 9.98. The van der Waals surface area contributed by atoms with Crippen molar-refractivity contribution in [1.29, 1.82) is 0 Å². The second-order valence-electron chi connectivity index (χ2n) is 5.14. The zero-order valence-corrected chi connectivity index (χ0v) is 11.7. The number of nitrogens with zero attached hydrogens (tertiary/aromatic N) is 3. The Kier molecular flexibility index (Phi) is 3.00. The predicted molar refractivity (Wildman–Crippen MR) is 84.2 cm³/mol. The van der Waals surface area contributed by atoms with Crippen LogP contribution in [0.15, 0.2) is 59.9 Å². The highest BCUT2D eigenvalue weighted by Gasteiger charge is 2.12. The zero-order chi connectivity index (χ0) is 14.9. The lowest BCUT2D eigenvalue weighted by Crippen LogP contribution is -1.93. The lowest BCUT2D eigenvalue weighted by Gasteiger charge is -2.09. The highest BCUT2D eigenvalue weighted by molar-refractivity contribution is 5.88. The quantitative estimate of drug-likeness (QED) is 0.718. The van der Waals surface area contributed by atoms with Gasteiger partial charge in [-0.15, -0.1) is 0 Å². The van der Waals surface area contributed by atoms with Gasteiger partial charge in [0, 0.05) is 18.0 Å². The van der Waals surface area contributed by atoms with Gasteiger partial charge in [-0.1, -0.05) is 18.2 Å². The summed E-state index contributed by atoms with van der Waals surface area (Å²) in [6, 6.07) is 13.2. The summed E-state index contributed by atoms with van der Waals surface area (Å²) in [6.45, 7) is 0.745. The average Bonchev–Trinajstić information content (AvgIpc) is 3.03. The van der Waals surface area contributed by atoms with Crippen LogP contribution in [-0.2, 0) is 6.54 Å². The molecule has 0 bridgehead atoms. The first-order chi connectivity index (χ1) is 10.8. The molecule has 0 atom stereocenters. The molecule has 3 nitrogen and oxygen atoms in total. The molecule has 0 saturated carbocycles. The van der Waals surface area contributed by atoms with Gasteiger partial charge in [-0.05, 0) is 41.0 Å². The highest BCUT2D eigenvalue weighted by atomic mass is 19.1. The van der Waals surface area contributed by atoms with E-state index < -0.39 is 0 Å². The van der Waals surface area contributed by atoms with Crippen molar-refractivity contribution in [3.05, 3.63) is 71.8 Å². The third kappa shape index (κ3) is 2.19. The van der Waals surface area contributed by atoms with E-state index in [4.69, 9.17) is 0 Å². The first kappa shape index (κ1) is 12.8. The molecule has 0 amide bonds. The SMILES string of the molecule is Fc1ccc(-c2ncccc2-c2ccc3c(c2)C=NC3)nc1. The summed E-state index contributed by atoms with van der Waals surface area (Å²) in [5, 5.41) is 0. The molecule has 1 aliphatic heterocycles. The Labute approximate surface area is 127 Å². The first-order valence-corrected chi connectivity index (χ1v) is 7.01. The normalized spacial score (nSPS) is 12.4. The predicted octanol–water partition coefficient (Wildman–Crippen LogP) is 3.88. The summed E-state index contributed by atoms with van der Waals surface area (Å²) >= 11 is 0. The number of fused-ring (bicyclic) bond motifs is 1. The summed E-state index contributed by atoms with van der Waals surface area (Å²) < 4.78 is 13.1. The fourth-order valence-electron chi connectivity index (χ4n) is 2.63. The molecule has 0 aliphatic carbocycles. The van der Waals surface area contributed by atoms with Crippen molar-refractivity contribution in [2.45, 2.75) is 6.54 Å². The van der Waals surface area contributed by atoms with Gasteiger partial charge in [0.15, 0.2) is 0 Å². The monoisotopic (exact) mass is 289 g/mol. The van der Waals surface area contributed by atoms with Crippen molar-refractivity contribution in [3.8, 4) is 22.5 Å². The number of pyridine rings is 2. The van der Waals surface area contributed by atoms with Crippen LogP contribution in [0.25, 0.3) is 22.5 Å². The molecule has 106 valence electrons. The van der Waals surface area contributed by atoms with Crippen molar-refractivity contribution in [2.24, 2.45) is 4.99 Å². The molecular formula is C18H12FN3. The van der Waals surface area contributed by atoms with Crippen LogP contribution in [0, 0.1) is 5.82 Å². The number of benzene rings is 1. The molecule has 2 aromatic heterocycles. The van der Waals surface area contributed by atoms with Crippen LogP contribution in [-0.4, -0.2) is 16.2 Å². The van der Waals surface area contributed by atoms with E-state index in [0.29, 0.717) is 5.69 Å². The molecule has 4 heteroatoms. The van der Waals surface area contributed by atoms with Crippen molar-refractivity contribution in [2.75, 3.05) is 0 Å². The van der Waals surface area contributed by atoms with Gasteiger partial charge < -0.3 is 0 Å². The van der Waals surface area contributed by atoms with Gasteiger partial charge in [0.25, 0.3) is 0 Å². The van der Waals surface area contributed by atoms with E-state index in [9.17, 15) is 4.39 Å². The van der Waals surface area contributed by atoms with E-state index in [2.05, 4.69) is 33.2 Å². The number of hydrogen-bond acceptors (Lipinski definition) is 3. The zero-order valence-electron chi connectivity index (χ0n) is 11.7. The molecule has 1 aromatic carbocycles. The van der Waals surface area contributed by atoms with Crippen molar-refractivity contribution in [3.63, 3.8) is 0 Å². The summed E-state index contributed by atoms with van der Waals surface area (Å²) in [7, 11) is 0. The van der Waals surface area contributed by atoms with Gasteiger partial charge in [0.1, 0.15) is 5.82 Å². The molecule has 3 heterocycles. The van der Waals surface area contributed by atoms with Crippen LogP contribution in [0.4, 0.5) is 4.39 Å². The fourth-order valence-corrected chi connectivity index (χ4v) is 2.63.